The second-order valence-corrected chi connectivity index (χ2v) is 7.11. The molecule has 0 fully saturated rings. The van der Waals surface area contributed by atoms with Gasteiger partial charge in [-0.05, 0) is 30.3 Å². The highest BCUT2D eigenvalue weighted by atomic mass is 35.5. The van der Waals surface area contributed by atoms with Crippen LogP contribution in [0.25, 0.3) is 22.8 Å². The lowest BCUT2D eigenvalue weighted by molar-refractivity contribution is 0.174. The molecule has 0 aliphatic carbocycles. The van der Waals surface area contributed by atoms with Crippen molar-refractivity contribution in [2.24, 2.45) is 0 Å². The summed E-state index contributed by atoms with van der Waals surface area (Å²) < 4.78 is 21.6. The Bertz CT molecular complexity index is 1150. The van der Waals surface area contributed by atoms with E-state index in [0.717, 1.165) is 11.1 Å². The second-order valence-electron chi connectivity index (χ2n) is 5.75. The summed E-state index contributed by atoms with van der Waals surface area (Å²) in [7, 11) is 0. The molecule has 3 heterocycles. The fourth-order valence-corrected chi connectivity index (χ4v) is 3.39. The highest BCUT2D eigenvalue weighted by Crippen LogP contribution is 2.36. The van der Waals surface area contributed by atoms with E-state index in [1.165, 1.54) is 11.8 Å². The molecule has 1 aliphatic heterocycles. The van der Waals surface area contributed by atoms with Gasteiger partial charge in [0, 0.05) is 16.1 Å². The summed E-state index contributed by atoms with van der Waals surface area (Å²) in [5, 5.41) is 13.1. The predicted molar refractivity (Wildman–Crippen MR) is 100 cm³/mol. The lowest BCUT2D eigenvalue weighted by Gasteiger charge is -1.97. The Kier molecular flexibility index (Phi) is 4.38. The predicted octanol–water partition coefficient (Wildman–Crippen LogP) is 4.46. The first-order valence-electron chi connectivity index (χ1n) is 8.19. The molecule has 0 saturated heterocycles. The maximum atomic E-state index is 5.99. The molecule has 2 aromatic carbocycles. The van der Waals surface area contributed by atoms with E-state index < -0.39 is 0 Å². The third-order valence-corrected chi connectivity index (χ3v) is 4.93. The van der Waals surface area contributed by atoms with Crippen molar-refractivity contribution in [3.05, 3.63) is 53.4 Å². The van der Waals surface area contributed by atoms with Gasteiger partial charge in [0.1, 0.15) is 0 Å². The first kappa shape index (κ1) is 17.1. The fourth-order valence-electron chi connectivity index (χ4n) is 2.60. The third-order valence-electron chi connectivity index (χ3n) is 3.90. The van der Waals surface area contributed by atoms with Crippen LogP contribution in [0.4, 0.5) is 0 Å². The minimum absolute atomic E-state index is 0.213. The van der Waals surface area contributed by atoms with Gasteiger partial charge in [-0.3, -0.25) is 0 Å². The van der Waals surface area contributed by atoms with E-state index in [9.17, 15) is 0 Å². The summed E-state index contributed by atoms with van der Waals surface area (Å²) >= 11 is 7.30. The molecule has 0 saturated carbocycles. The molecule has 4 aromatic rings. The minimum Gasteiger partial charge on any atom is -0.454 e. The van der Waals surface area contributed by atoms with Crippen molar-refractivity contribution in [3.63, 3.8) is 0 Å². The Morgan fingerprint density at radius 1 is 1.00 bits per heavy atom. The van der Waals surface area contributed by atoms with Crippen LogP contribution >= 0.6 is 23.4 Å². The molecule has 28 heavy (non-hydrogen) atoms. The first-order chi connectivity index (χ1) is 13.7. The lowest BCUT2D eigenvalue weighted by atomic mass is 10.2. The molecule has 0 spiro atoms. The summed E-state index contributed by atoms with van der Waals surface area (Å²) in [6.45, 7) is 0.213. The van der Waals surface area contributed by atoms with Crippen molar-refractivity contribution in [2.75, 3.05) is 6.79 Å². The van der Waals surface area contributed by atoms with E-state index in [-0.39, 0.29) is 6.79 Å². The number of hydrogen-bond acceptors (Lipinski definition) is 9. The number of ether oxygens (including phenoxy) is 2. The van der Waals surface area contributed by atoms with E-state index in [0.29, 0.717) is 45.1 Å². The largest absolute Gasteiger partial charge is 0.454 e. The Hall–Kier alpha value is -3.04. The summed E-state index contributed by atoms with van der Waals surface area (Å²) in [6.07, 6.45) is 0. The summed E-state index contributed by atoms with van der Waals surface area (Å²) in [5.74, 6) is 3.07. The quantitative estimate of drug-likeness (QED) is 0.438. The monoisotopic (exact) mass is 414 g/mol. The van der Waals surface area contributed by atoms with Crippen LogP contribution in [0.15, 0.2) is 56.6 Å². The van der Waals surface area contributed by atoms with Gasteiger partial charge in [-0.25, -0.2) is 0 Å². The summed E-state index contributed by atoms with van der Waals surface area (Å²) in [4.78, 5) is 4.36. The Balaban J connectivity index is 1.27. The Labute approximate surface area is 167 Å². The smallest absolute Gasteiger partial charge is 0.277 e. The topological polar surface area (TPSA) is 96.3 Å². The molecule has 140 valence electrons. The maximum absolute atomic E-state index is 5.99. The maximum Gasteiger partial charge on any atom is 0.277 e. The highest BCUT2D eigenvalue weighted by Gasteiger charge is 2.17. The molecule has 0 atom stereocenters. The molecule has 0 bridgehead atoms. The second kappa shape index (κ2) is 7.17. The van der Waals surface area contributed by atoms with Gasteiger partial charge < -0.3 is 18.4 Å². The van der Waals surface area contributed by atoms with E-state index in [1.807, 2.05) is 24.3 Å². The van der Waals surface area contributed by atoms with Gasteiger partial charge in [-0.15, -0.1) is 10.2 Å². The van der Waals surface area contributed by atoms with Gasteiger partial charge in [-0.1, -0.05) is 40.7 Å². The number of fused-ring (bicyclic) bond motifs is 1. The molecule has 0 N–H and O–H groups in total. The number of benzene rings is 2. The van der Waals surface area contributed by atoms with Crippen LogP contribution in [-0.4, -0.2) is 27.1 Å². The van der Waals surface area contributed by atoms with Crippen LogP contribution in [0.3, 0.4) is 0 Å². The van der Waals surface area contributed by atoms with Crippen molar-refractivity contribution in [3.8, 4) is 34.3 Å². The standard InChI is InChI=1S/C18H11ClN4O4S/c19-12-3-1-2-10(6-12)16-20-15(27-23-16)8-28-18-22-21-17(26-18)11-4-5-13-14(7-11)25-9-24-13/h1-7H,8-9H2. The molecular formula is C18H11ClN4O4S. The molecule has 8 nitrogen and oxygen atoms in total. The molecule has 5 rings (SSSR count). The number of rotatable bonds is 5. The number of aromatic nitrogens is 4. The molecule has 0 amide bonds. The van der Waals surface area contributed by atoms with E-state index in [1.54, 1.807) is 18.2 Å². The SMILES string of the molecule is Clc1cccc(-c2noc(CSc3nnc(-c4ccc5c(c4)OCO5)o3)n2)c1. The van der Waals surface area contributed by atoms with Crippen molar-refractivity contribution in [1.82, 2.24) is 20.3 Å². The molecular weight excluding hydrogens is 404 g/mol. The van der Waals surface area contributed by atoms with Crippen molar-refractivity contribution in [2.45, 2.75) is 11.0 Å². The summed E-state index contributed by atoms with van der Waals surface area (Å²) in [5.41, 5.74) is 1.54. The van der Waals surface area contributed by atoms with Gasteiger partial charge >= 0.3 is 0 Å². The average molecular weight is 415 g/mol. The van der Waals surface area contributed by atoms with Crippen LogP contribution < -0.4 is 9.47 Å². The molecule has 0 unspecified atom stereocenters. The van der Waals surface area contributed by atoms with Gasteiger partial charge in [0.2, 0.25) is 24.4 Å². The van der Waals surface area contributed by atoms with Crippen LogP contribution in [0.2, 0.25) is 5.02 Å². The summed E-state index contributed by atoms with van der Waals surface area (Å²) in [6, 6.07) is 12.7. The minimum atomic E-state index is 0.213. The lowest BCUT2D eigenvalue weighted by Crippen LogP contribution is -1.92. The molecule has 0 radical (unpaired) electrons. The van der Waals surface area contributed by atoms with Gasteiger partial charge in [-0.2, -0.15) is 4.98 Å². The highest BCUT2D eigenvalue weighted by molar-refractivity contribution is 7.98. The molecule has 2 aromatic heterocycles. The van der Waals surface area contributed by atoms with Gasteiger partial charge in [0.15, 0.2) is 11.5 Å². The fraction of sp³-hybridized carbons (Fsp3) is 0.111. The van der Waals surface area contributed by atoms with E-state index in [4.69, 9.17) is 30.0 Å². The van der Waals surface area contributed by atoms with Crippen molar-refractivity contribution >= 4 is 23.4 Å². The van der Waals surface area contributed by atoms with Crippen LogP contribution in [0.1, 0.15) is 5.89 Å². The Morgan fingerprint density at radius 2 is 1.93 bits per heavy atom. The van der Waals surface area contributed by atoms with Crippen LogP contribution in [0, 0.1) is 0 Å². The Morgan fingerprint density at radius 3 is 2.86 bits per heavy atom. The molecule has 10 heteroatoms. The average Bonchev–Trinajstić information content (AvgIpc) is 3.45. The van der Waals surface area contributed by atoms with Crippen molar-refractivity contribution in [1.29, 1.82) is 0 Å². The zero-order valence-electron chi connectivity index (χ0n) is 14.2. The van der Waals surface area contributed by atoms with Crippen LogP contribution in [-0.2, 0) is 5.75 Å². The number of hydrogen-bond donors (Lipinski definition) is 0. The number of nitrogens with zero attached hydrogens (tertiary/aromatic N) is 4. The third kappa shape index (κ3) is 3.41. The number of thioether (sulfide) groups is 1. The normalized spacial score (nSPS) is 12.5. The van der Waals surface area contributed by atoms with Gasteiger partial charge in [0.25, 0.3) is 5.22 Å². The zero-order valence-corrected chi connectivity index (χ0v) is 15.7. The van der Waals surface area contributed by atoms with Crippen LogP contribution in [0.5, 0.6) is 11.5 Å². The number of halogens is 1. The first-order valence-corrected chi connectivity index (χ1v) is 9.56. The molecule has 1 aliphatic rings. The zero-order chi connectivity index (χ0) is 18.9. The van der Waals surface area contributed by atoms with E-state index in [2.05, 4.69) is 20.3 Å². The van der Waals surface area contributed by atoms with Gasteiger partial charge in [0.05, 0.1) is 5.75 Å². The van der Waals surface area contributed by atoms with Crippen molar-refractivity contribution < 1.29 is 18.4 Å². The van der Waals surface area contributed by atoms with E-state index >= 15 is 0 Å².